The third kappa shape index (κ3) is 5.80. The monoisotopic (exact) mass is 408 g/mol. The molecular weight excluding hydrogens is 388 g/mol. The SMILES string of the molecule is O=C(CCS(=O)(=O)c1ccccc1)NCC#CCOc1cccc2cccnc12. The Hall–Kier alpha value is -3.37. The summed E-state index contributed by atoms with van der Waals surface area (Å²) in [5.41, 5.74) is 0.768. The molecule has 0 fully saturated rings. The van der Waals surface area contributed by atoms with Crippen LogP contribution in [0.1, 0.15) is 6.42 Å². The van der Waals surface area contributed by atoms with Crippen LogP contribution in [-0.2, 0) is 14.6 Å². The summed E-state index contributed by atoms with van der Waals surface area (Å²) in [5.74, 6) is 5.65. The molecule has 1 aromatic heterocycles. The van der Waals surface area contributed by atoms with Crippen molar-refractivity contribution in [3.8, 4) is 17.6 Å². The van der Waals surface area contributed by atoms with Gasteiger partial charge >= 0.3 is 0 Å². The molecule has 1 N–H and O–H groups in total. The molecular formula is C22H20N2O4S. The highest BCUT2D eigenvalue weighted by Gasteiger charge is 2.15. The Morgan fingerprint density at radius 2 is 1.79 bits per heavy atom. The molecule has 0 radical (unpaired) electrons. The lowest BCUT2D eigenvalue weighted by atomic mass is 10.2. The number of fused-ring (bicyclic) bond motifs is 1. The Morgan fingerprint density at radius 1 is 1.00 bits per heavy atom. The van der Waals surface area contributed by atoms with Crippen LogP contribution in [0.15, 0.2) is 71.8 Å². The number of nitrogens with one attached hydrogen (secondary N) is 1. The number of benzene rings is 2. The zero-order chi connectivity index (χ0) is 20.5. The zero-order valence-corrected chi connectivity index (χ0v) is 16.5. The quantitative estimate of drug-likeness (QED) is 0.608. The van der Waals surface area contributed by atoms with Gasteiger partial charge in [0, 0.05) is 18.0 Å². The van der Waals surface area contributed by atoms with Crippen molar-refractivity contribution in [2.75, 3.05) is 18.9 Å². The topological polar surface area (TPSA) is 85.4 Å². The highest BCUT2D eigenvalue weighted by atomic mass is 32.2. The Bertz CT molecular complexity index is 1140. The first-order valence-electron chi connectivity index (χ1n) is 9.03. The summed E-state index contributed by atoms with van der Waals surface area (Å²) >= 11 is 0. The van der Waals surface area contributed by atoms with Crippen LogP contribution in [0.5, 0.6) is 5.75 Å². The number of carbonyl (C=O) groups excluding carboxylic acids is 1. The van der Waals surface area contributed by atoms with Gasteiger partial charge in [-0.05, 0) is 24.3 Å². The minimum absolute atomic E-state index is 0.114. The number of hydrogen-bond acceptors (Lipinski definition) is 5. The molecule has 7 heteroatoms. The molecule has 0 spiro atoms. The van der Waals surface area contributed by atoms with Gasteiger partial charge in [-0.15, -0.1) is 0 Å². The molecule has 0 aliphatic heterocycles. The van der Waals surface area contributed by atoms with Gasteiger partial charge in [0.05, 0.1) is 17.2 Å². The van der Waals surface area contributed by atoms with E-state index in [1.165, 1.54) is 12.1 Å². The summed E-state index contributed by atoms with van der Waals surface area (Å²) < 4.78 is 29.9. The summed E-state index contributed by atoms with van der Waals surface area (Å²) in [6.07, 6.45) is 1.59. The van der Waals surface area contributed by atoms with E-state index >= 15 is 0 Å². The molecule has 0 saturated carbocycles. The van der Waals surface area contributed by atoms with Gasteiger partial charge in [0.25, 0.3) is 0 Å². The van der Waals surface area contributed by atoms with Crippen molar-refractivity contribution in [3.05, 3.63) is 66.9 Å². The van der Waals surface area contributed by atoms with Crippen molar-refractivity contribution in [1.82, 2.24) is 10.3 Å². The van der Waals surface area contributed by atoms with Crippen LogP contribution in [0.4, 0.5) is 0 Å². The molecule has 0 aliphatic rings. The molecule has 0 saturated heterocycles. The molecule has 2 aromatic carbocycles. The molecule has 0 unspecified atom stereocenters. The first-order chi connectivity index (χ1) is 14.1. The number of ether oxygens (including phenoxy) is 1. The second-order valence-electron chi connectivity index (χ2n) is 6.13. The lowest BCUT2D eigenvalue weighted by Crippen LogP contribution is -2.26. The molecule has 1 heterocycles. The fourth-order valence-corrected chi connectivity index (χ4v) is 3.89. The molecule has 148 valence electrons. The standard InChI is InChI=1S/C22H20N2O4S/c25-21(13-17-29(26,27)19-10-2-1-3-11-19)23-14-4-5-16-28-20-12-6-8-18-9-7-15-24-22(18)20/h1-3,6-12,15H,13-14,16-17H2,(H,23,25). The second-order valence-corrected chi connectivity index (χ2v) is 8.24. The molecule has 3 aromatic rings. The summed E-state index contributed by atoms with van der Waals surface area (Å²) in [6, 6.07) is 17.6. The highest BCUT2D eigenvalue weighted by Crippen LogP contribution is 2.22. The van der Waals surface area contributed by atoms with Crippen LogP contribution >= 0.6 is 0 Å². The van der Waals surface area contributed by atoms with Gasteiger partial charge in [0.1, 0.15) is 17.9 Å². The molecule has 3 rings (SSSR count). The predicted octanol–water partition coefficient (Wildman–Crippen LogP) is 2.60. The average Bonchev–Trinajstić information content (AvgIpc) is 2.75. The van der Waals surface area contributed by atoms with Crippen LogP contribution in [0, 0.1) is 11.8 Å². The van der Waals surface area contributed by atoms with Gasteiger partial charge in [-0.2, -0.15) is 0 Å². The number of aromatic nitrogens is 1. The van der Waals surface area contributed by atoms with Crippen molar-refractivity contribution >= 4 is 26.6 Å². The van der Waals surface area contributed by atoms with Crippen LogP contribution in [0.3, 0.4) is 0 Å². The Balaban J connectivity index is 1.41. The van der Waals surface area contributed by atoms with E-state index in [0.717, 1.165) is 10.9 Å². The number of para-hydroxylation sites is 1. The largest absolute Gasteiger partial charge is 0.479 e. The second kappa shape index (κ2) is 9.71. The van der Waals surface area contributed by atoms with E-state index in [2.05, 4.69) is 22.1 Å². The van der Waals surface area contributed by atoms with Gasteiger partial charge < -0.3 is 10.1 Å². The molecule has 0 aliphatic carbocycles. The Kier molecular flexibility index (Phi) is 6.82. The first-order valence-corrected chi connectivity index (χ1v) is 10.7. The van der Waals surface area contributed by atoms with Crippen LogP contribution in [-0.4, -0.2) is 38.2 Å². The average molecular weight is 408 g/mol. The van der Waals surface area contributed by atoms with E-state index in [1.807, 2.05) is 30.3 Å². The van der Waals surface area contributed by atoms with E-state index in [0.29, 0.717) is 5.75 Å². The van der Waals surface area contributed by atoms with E-state index in [9.17, 15) is 13.2 Å². The fraction of sp³-hybridized carbons (Fsp3) is 0.182. The van der Waals surface area contributed by atoms with E-state index < -0.39 is 9.84 Å². The number of rotatable bonds is 7. The number of nitrogens with zero attached hydrogens (tertiary/aromatic N) is 1. The van der Waals surface area contributed by atoms with Crippen molar-refractivity contribution in [2.45, 2.75) is 11.3 Å². The molecule has 6 nitrogen and oxygen atoms in total. The van der Waals surface area contributed by atoms with Gasteiger partial charge in [0.2, 0.25) is 5.91 Å². The fourth-order valence-electron chi connectivity index (χ4n) is 2.62. The molecule has 29 heavy (non-hydrogen) atoms. The highest BCUT2D eigenvalue weighted by molar-refractivity contribution is 7.91. The molecule has 1 amide bonds. The van der Waals surface area contributed by atoms with E-state index in [-0.39, 0.29) is 36.1 Å². The van der Waals surface area contributed by atoms with E-state index in [1.54, 1.807) is 24.4 Å². The maximum Gasteiger partial charge on any atom is 0.221 e. The number of amides is 1. The maximum atomic E-state index is 12.2. The number of carbonyl (C=O) groups is 1. The lowest BCUT2D eigenvalue weighted by Gasteiger charge is -2.05. The minimum Gasteiger partial charge on any atom is -0.479 e. The number of hydrogen-bond donors (Lipinski definition) is 1. The summed E-state index contributed by atoms with van der Waals surface area (Å²) in [5, 5.41) is 3.57. The van der Waals surface area contributed by atoms with Crippen molar-refractivity contribution in [3.63, 3.8) is 0 Å². The number of sulfone groups is 1. The smallest absolute Gasteiger partial charge is 0.221 e. The van der Waals surface area contributed by atoms with Crippen LogP contribution < -0.4 is 10.1 Å². The Labute approximate surface area is 169 Å². The zero-order valence-electron chi connectivity index (χ0n) is 15.7. The third-order valence-corrected chi connectivity index (χ3v) is 5.83. The third-order valence-electron chi connectivity index (χ3n) is 4.09. The normalized spacial score (nSPS) is 10.8. The summed E-state index contributed by atoms with van der Waals surface area (Å²) in [6.45, 7) is 0.287. The van der Waals surface area contributed by atoms with Gasteiger partial charge in [-0.3, -0.25) is 9.78 Å². The van der Waals surface area contributed by atoms with Crippen molar-refractivity contribution in [2.24, 2.45) is 0 Å². The van der Waals surface area contributed by atoms with Crippen LogP contribution in [0.2, 0.25) is 0 Å². The van der Waals surface area contributed by atoms with Gasteiger partial charge in [-0.1, -0.05) is 48.2 Å². The van der Waals surface area contributed by atoms with Crippen molar-refractivity contribution < 1.29 is 17.9 Å². The van der Waals surface area contributed by atoms with E-state index in [4.69, 9.17) is 4.74 Å². The summed E-state index contributed by atoms with van der Waals surface area (Å²) in [4.78, 5) is 16.4. The molecule has 0 atom stereocenters. The number of pyridine rings is 1. The molecule has 0 bridgehead atoms. The minimum atomic E-state index is -3.47. The summed E-state index contributed by atoms with van der Waals surface area (Å²) in [7, 11) is -3.47. The van der Waals surface area contributed by atoms with Gasteiger partial charge in [0.15, 0.2) is 9.84 Å². The predicted molar refractivity (Wildman–Crippen MR) is 111 cm³/mol. The maximum absolute atomic E-state index is 12.2. The van der Waals surface area contributed by atoms with Gasteiger partial charge in [-0.25, -0.2) is 8.42 Å². The lowest BCUT2D eigenvalue weighted by molar-refractivity contribution is -0.120. The first kappa shape index (κ1) is 20.4. The van der Waals surface area contributed by atoms with Crippen LogP contribution in [0.25, 0.3) is 10.9 Å². The Morgan fingerprint density at radius 3 is 2.62 bits per heavy atom. The van der Waals surface area contributed by atoms with Crippen molar-refractivity contribution in [1.29, 1.82) is 0 Å².